The van der Waals surface area contributed by atoms with E-state index in [2.05, 4.69) is 15.9 Å². The van der Waals surface area contributed by atoms with Gasteiger partial charge in [-0.3, -0.25) is 4.79 Å². The second-order valence-corrected chi connectivity index (χ2v) is 3.80. The highest BCUT2D eigenvalue weighted by Crippen LogP contribution is 2.25. The van der Waals surface area contributed by atoms with Crippen LogP contribution in [0, 0.1) is 5.82 Å². The minimum atomic E-state index is -0.364. The fourth-order valence-corrected chi connectivity index (χ4v) is 1.47. The molecule has 15 heavy (non-hydrogen) atoms. The van der Waals surface area contributed by atoms with Crippen molar-refractivity contribution in [2.24, 2.45) is 0 Å². The van der Waals surface area contributed by atoms with Gasteiger partial charge < -0.3 is 4.42 Å². The Kier molecular flexibility index (Phi) is 2.68. The second-order valence-electron chi connectivity index (χ2n) is 2.95. The van der Waals surface area contributed by atoms with Crippen LogP contribution in [0.25, 0.3) is 11.3 Å². The molecule has 0 N–H and O–H groups in total. The van der Waals surface area contributed by atoms with Crippen LogP contribution in [-0.4, -0.2) is 6.29 Å². The SMILES string of the molecule is O=Cc1ccc(-c2ccc(Br)c(F)c2)o1. The van der Waals surface area contributed by atoms with E-state index >= 15 is 0 Å². The van der Waals surface area contributed by atoms with E-state index in [-0.39, 0.29) is 11.6 Å². The number of benzene rings is 1. The fraction of sp³-hybridized carbons (Fsp3) is 0. The molecule has 0 aliphatic carbocycles. The van der Waals surface area contributed by atoms with Crippen LogP contribution in [0.15, 0.2) is 39.2 Å². The Morgan fingerprint density at radius 2 is 2.07 bits per heavy atom. The van der Waals surface area contributed by atoms with Crippen LogP contribution in [0.3, 0.4) is 0 Å². The second kappa shape index (κ2) is 3.98. The molecule has 2 rings (SSSR count). The average molecular weight is 269 g/mol. The zero-order chi connectivity index (χ0) is 10.8. The first-order valence-electron chi connectivity index (χ1n) is 4.21. The van der Waals surface area contributed by atoms with E-state index in [0.717, 1.165) is 0 Å². The smallest absolute Gasteiger partial charge is 0.185 e. The first-order chi connectivity index (χ1) is 7.20. The van der Waals surface area contributed by atoms with Crippen molar-refractivity contribution in [1.29, 1.82) is 0 Å². The standard InChI is InChI=1S/C11H6BrFO2/c12-9-3-1-7(5-10(9)13)11-4-2-8(6-14)15-11/h1-6H. The highest BCUT2D eigenvalue weighted by atomic mass is 79.9. The summed E-state index contributed by atoms with van der Waals surface area (Å²) < 4.78 is 18.8. The molecule has 0 aliphatic heterocycles. The molecule has 0 spiro atoms. The molecule has 76 valence electrons. The molecule has 1 aromatic carbocycles. The number of hydrogen-bond acceptors (Lipinski definition) is 2. The zero-order valence-electron chi connectivity index (χ0n) is 7.54. The van der Waals surface area contributed by atoms with Gasteiger partial charge in [0, 0.05) is 5.56 Å². The lowest BCUT2D eigenvalue weighted by molar-refractivity contribution is 0.110. The van der Waals surface area contributed by atoms with Crippen molar-refractivity contribution in [2.75, 3.05) is 0 Å². The summed E-state index contributed by atoms with van der Waals surface area (Å²) in [5.41, 5.74) is 0.601. The number of furan rings is 1. The van der Waals surface area contributed by atoms with Crippen molar-refractivity contribution in [3.63, 3.8) is 0 Å². The zero-order valence-corrected chi connectivity index (χ0v) is 9.12. The van der Waals surface area contributed by atoms with Gasteiger partial charge in [0.2, 0.25) is 0 Å². The maximum Gasteiger partial charge on any atom is 0.185 e. The van der Waals surface area contributed by atoms with Crippen molar-refractivity contribution >= 4 is 22.2 Å². The predicted molar refractivity (Wildman–Crippen MR) is 57.2 cm³/mol. The Morgan fingerprint density at radius 3 is 2.67 bits per heavy atom. The summed E-state index contributed by atoms with van der Waals surface area (Å²) in [6.07, 6.45) is 0.610. The lowest BCUT2D eigenvalue weighted by Crippen LogP contribution is -1.79. The third-order valence-corrected chi connectivity index (χ3v) is 2.59. The lowest BCUT2D eigenvalue weighted by Gasteiger charge is -1.98. The van der Waals surface area contributed by atoms with Gasteiger partial charge in [-0.2, -0.15) is 0 Å². The van der Waals surface area contributed by atoms with Crippen LogP contribution in [0.2, 0.25) is 0 Å². The number of carbonyl (C=O) groups excluding carboxylic acids is 1. The van der Waals surface area contributed by atoms with E-state index in [4.69, 9.17) is 4.42 Å². The van der Waals surface area contributed by atoms with Crippen LogP contribution >= 0.6 is 15.9 Å². The monoisotopic (exact) mass is 268 g/mol. The average Bonchev–Trinajstić information content (AvgIpc) is 2.70. The molecule has 0 saturated heterocycles. The van der Waals surface area contributed by atoms with Gasteiger partial charge in [0.05, 0.1) is 4.47 Å². The summed E-state index contributed by atoms with van der Waals surface area (Å²) in [5, 5.41) is 0. The topological polar surface area (TPSA) is 30.2 Å². The largest absolute Gasteiger partial charge is 0.453 e. The fourth-order valence-electron chi connectivity index (χ4n) is 1.22. The Bertz CT molecular complexity index is 505. The van der Waals surface area contributed by atoms with E-state index in [1.807, 2.05) is 0 Å². The van der Waals surface area contributed by atoms with Gasteiger partial charge in [0.15, 0.2) is 12.0 Å². The van der Waals surface area contributed by atoms with Crippen LogP contribution in [0.5, 0.6) is 0 Å². The molecule has 1 aromatic heterocycles. The summed E-state index contributed by atoms with van der Waals surface area (Å²) in [6, 6.07) is 7.82. The summed E-state index contributed by atoms with van der Waals surface area (Å²) in [5.74, 6) is 0.341. The number of aldehydes is 1. The van der Waals surface area contributed by atoms with Crippen LogP contribution in [0.1, 0.15) is 10.6 Å². The van der Waals surface area contributed by atoms with Crippen LogP contribution < -0.4 is 0 Å². The Labute approximate surface area is 93.8 Å². The van der Waals surface area contributed by atoms with Gasteiger partial charge in [-0.15, -0.1) is 0 Å². The molecule has 0 unspecified atom stereocenters. The van der Waals surface area contributed by atoms with Crippen molar-refractivity contribution in [3.8, 4) is 11.3 Å². The number of carbonyl (C=O) groups is 1. The normalized spacial score (nSPS) is 10.3. The summed E-state index contributed by atoms with van der Waals surface area (Å²) >= 11 is 3.06. The van der Waals surface area contributed by atoms with Gasteiger partial charge in [-0.05, 0) is 46.3 Å². The van der Waals surface area contributed by atoms with E-state index in [1.54, 1.807) is 24.3 Å². The molecule has 0 amide bonds. The molecule has 0 saturated carbocycles. The molecule has 1 heterocycles. The summed E-state index contributed by atoms with van der Waals surface area (Å²) in [4.78, 5) is 10.4. The highest BCUT2D eigenvalue weighted by Gasteiger charge is 2.06. The molecule has 0 atom stereocenters. The Hall–Kier alpha value is -1.42. The molecule has 0 aliphatic rings. The van der Waals surface area contributed by atoms with Gasteiger partial charge >= 0.3 is 0 Å². The number of rotatable bonds is 2. The molecule has 0 fully saturated rings. The maximum absolute atomic E-state index is 13.2. The molecular formula is C11H6BrFO2. The van der Waals surface area contributed by atoms with Crippen molar-refractivity contribution in [3.05, 3.63) is 46.4 Å². The lowest BCUT2D eigenvalue weighted by atomic mass is 10.2. The predicted octanol–water partition coefficient (Wildman–Crippen LogP) is 3.66. The number of hydrogen-bond donors (Lipinski definition) is 0. The maximum atomic E-state index is 13.2. The van der Waals surface area contributed by atoms with Crippen molar-refractivity contribution < 1.29 is 13.6 Å². The van der Waals surface area contributed by atoms with Crippen molar-refractivity contribution in [1.82, 2.24) is 0 Å². The molecule has 2 nitrogen and oxygen atoms in total. The molecule has 0 bridgehead atoms. The molecule has 0 radical (unpaired) electrons. The molecule has 2 aromatic rings. The van der Waals surface area contributed by atoms with E-state index in [0.29, 0.717) is 22.1 Å². The van der Waals surface area contributed by atoms with Crippen LogP contribution in [0.4, 0.5) is 4.39 Å². The first-order valence-corrected chi connectivity index (χ1v) is 5.00. The van der Waals surface area contributed by atoms with E-state index in [9.17, 15) is 9.18 Å². The van der Waals surface area contributed by atoms with Gasteiger partial charge in [-0.1, -0.05) is 0 Å². The van der Waals surface area contributed by atoms with E-state index in [1.165, 1.54) is 6.07 Å². The third-order valence-electron chi connectivity index (χ3n) is 1.95. The first kappa shape index (κ1) is 10.1. The third kappa shape index (κ3) is 1.99. The summed E-state index contributed by atoms with van der Waals surface area (Å²) in [6.45, 7) is 0. The van der Waals surface area contributed by atoms with Gasteiger partial charge in [0.1, 0.15) is 11.6 Å². The quantitative estimate of drug-likeness (QED) is 0.779. The number of halogens is 2. The van der Waals surface area contributed by atoms with E-state index < -0.39 is 0 Å². The van der Waals surface area contributed by atoms with Gasteiger partial charge in [-0.25, -0.2) is 4.39 Å². The molecular weight excluding hydrogens is 263 g/mol. The van der Waals surface area contributed by atoms with Gasteiger partial charge in [0.25, 0.3) is 0 Å². The Balaban J connectivity index is 2.44. The molecule has 4 heteroatoms. The highest BCUT2D eigenvalue weighted by molar-refractivity contribution is 9.10. The minimum absolute atomic E-state index is 0.230. The van der Waals surface area contributed by atoms with Crippen LogP contribution in [-0.2, 0) is 0 Å². The summed E-state index contributed by atoms with van der Waals surface area (Å²) in [7, 11) is 0. The Morgan fingerprint density at radius 1 is 1.27 bits per heavy atom. The minimum Gasteiger partial charge on any atom is -0.453 e. The van der Waals surface area contributed by atoms with Crippen molar-refractivity contribution in [2.45, 2.75) is 0 Å².